The first-order valence-corrected chi connectivity index (χ1v) is 17.1. The molecule has 0 N–H and O–H groups in total. The molecule has 0 heterocycles. The van der Waals surface area contributed by atoms with Gasteiger partial charge in [0, 0.05) is 34.9 Å². The van der Waals surface area contributed by atoms with Crippen LogP contribution in [0.3, 0.4) is 0 Å². The first-order valence-electron chi connectivity index (χ1n) is 9.64. The number of benzene rings is 1. The van der Waals surface area contributed by atoms with Gasteiger partial charge in [-0.25, -0.2) is 0 Å². The van der Waals surface area contributed by atoms with E-state index in [0.717, 1.165) is 18.4 Å². The molecular formula is C20H36O6Si2. The Labute approximate surface area is 171 Å². The van der Waals surface area contributed by atoms with Crippen LogP contribution in [0.2, 0.25) is 51.4 Å². The first kappa shape index (κ1) is 24.7. The van der Waals surface area contributed by atoms with Crippen LogP contribution in [0.25, 0.3) is 0 Å². The number of aldehydes is 1. The second-order valence-electron chi connectivity index (χ2n) is 9.13. The second-order valence-corrected chi connectivity index (χ2v) is 20.4. The van der Waals surface area contributed by atoms with Gasteiger partial charge in [0.1, 0.15) is 6.29 Å². The van der Waals surface area contributed by atoms with Gasteiger partial charge in [-0.1, -0.05) is 39.3 Å². The maximum Gasteiger partial charge on any atom is 0.206 e. The van der Waals surface area contributed by atoms with Crippen molar-refractivity contribution >= 4 is 22.4 Å². The molecule has 0 amide bonds. The number of hydrogen-bond acceptors (Lipinski definition) is 6. The molecular weight excluding hydrogens is 392 g/mol. The lowest BCUT2D eigenvalue weighted by molar-refractivity contribution is 0.00456. The van der Waals surface area contributed by atoms with E-state index in [1.54, 1.807) is 12.1 Å². The zero-order valence-electron chi connectivity index (χ0n) is 18.4. The van der Waals surface area contributed by atoms with Crippen molar-refractivity contribution in [1.29, 1.82) is 0 Å². The molecule has 160 valence electrons. The SMILES string of the molecule is COc1cc(C=O)cc(OCOCC[Si](C)(C)C)c1OCOCC[Si](C)(C)C. The molecule has 0 unspecified atom stereocenters. The van der Waals surface area contributed by atoms with Crippen LogP contribution in [0.1, 0.15) is 10.4 Å². The molecule has 0 spiro atoms. The summed E-state index contributed by atoms with van der Waals surface area (Å²) in [4.78, 5) is 11.2. The number of carbonyl (C=O) groups is 1. The molecule has 0 aliphatic carbocycles. The Kier molecular flexibility index (Phi) is 10.2. The summed E-state index contributed by atoms with van der Waals surface area (Å²) in [5.41, 5.74) is 0.445. The van der Waals surface area contributed by atoms with E-state index in [2.05, 4.69) is 39.3 Å². The summed E-state index contributed by atoms with van der Waals surface area (Å²) in [6.45, 7) is 15.3. The minimum absolute atomic E-state index is 0.0861. The smallest absolute Gasteiger partial charge is 0.206 e. The van der Waals surface area contributed by atoms with Crippen molar-refractivity contribution in [2.75, 3.05) is 33.9 Å². The topological polar surface area (TPSA) is 63.2 Å². The average molecular weight is 429 g/mol. The third-order valence-electron chi connectivity index (χ3n) is 3.98. The quantitative estimate of drug-likeness (QED) is 0.182. The molecule has 0 saturated heterocycles. The molecule has 0 aliphatic heterocycles. The van der Waals surface area contributed by atoms with E-state index < -0.39 is 16.1 Å². The van der Waals surface area contributed by atoms with Crippen molar-refractivity contribution in [2.24, 2.45) is 0 Å². The monoisotopic (exact) mass is 428 g/mol. The van der Waals surface area contributed by atoms with Crippen LogP contribution < -0.4 is 14.2 Å². The van der Waals surface area contributed by atoms with Crippen LogP contribution >= 0.6 is 0 Å². The van der Waals surface area contributed by atoms with Crippen LogP contribution in [-0.4, -0.2) is 56.3 Å². The lowest BCUT2D eigenvalue weighted by atomic mass is 10.2. The van der Waals surface area contributed by atoms with Gasteiger partial charge in [-0.05, 0) is 24.2 Å². The summed E-state index contributed by atoms with van der Waals surface area (Å²) in [6.07, 6.45) is 0.746. The molecule has 0 aliphatic rings. The number of ether oxygens (including phenoxy) is 5. The summed E-state index contributed by atoms with van der Waals surface area (Å²) in [5, 5.41) is 0. The summed E-state index contributed by atoms with van der Waals surface area (Å²) in [5.74, 6) is 1.24. The predicted octanol–water partition coefficient (Wildman–Crippen LogP) is 4.89. The van der Waals surface area contributed by atoms with Crippen LogP contribution in [0.5, 0.6) is 17.2 Å². The Morgan fingerprint density at radius 3 is 1.79 bits per heavy atom. The molecule has 0 fully saturated rings. The van der Waals surface area contributed by atoms with E-state index in [1.807, 2.05) is 0 Å². The number of rotatable bonds is 14. The van der Waals surface area contributed by atoms with Crippen LogP contribution in [0, 0.1) is 0 Å². The molecule has 28 heavy (non-hydrogen) atoms. The van der Waals surface area contributed by atoms with Gasteiger partial charge in [-0.3, -0.25) is 4.79 Å². The highest BCUT2D eigenvalue weighted by Gasteiger charge is 2.17. The predicted molar refractivity (Wildman–Crippen MR) is 118 cm³/mol. The third kappa shape index (κ3) is 10.3. The Morgan fingerprint density at radius 2 is 1.32 bits per heavy atom. The summed E-state index contributed by atoms with van der Waals surface area (Å²) in [7, 11) is -0.776. The van der Waals surface area contributed by atoms with Crippen LogP contribution in [0.4, 0.5) is 0 Å². The summed E-state index contributed by atoms with van der Waals surface area (Å²) in [6, 6.07) is 5.35. The fourth-order valence-corrected chi connectivity index (χ4v) is 3.66. The van der Waals surface area contributed by atoms with E-state index in [4.69, 9.17) is 23.7 Å². The van der Waals surface area contributed by atoms with Gasteiger partial charge in [-0.15, -0.1) is 0 Å². The van der Waals surface area contributed by atoms with E-state index >= 15 is 0 Å². The lowest BCUT2D eigenvalue weighted by Gasteiger charge is -2.19. The minimum Gasteiger partial charge on any atom is -0.493 e. The molecule has 0 aromatic heterocycles. The largest absolute Gasteiger partial charge is 0.493 e. The van der Waals surface area contributed by atoms with Gasteiger partial charge in [0.15, 0.2) is 25.1 Å². The fourth-order valence-electron chi connectivity index (χ4n) is 2.15. The van der Waals surface area contributed by atoms with Crippen LogP contribution in [-0.2, 0) is 9.47 Å². The molecule has 1 aromatic carbocycles. The first-order chi connectivity index (χ1) is 13.1. The molecule has 0 bridgehead atoms. The highest BCUT2D eigenvalue weighted by molar-refractivity contribution is 6.76. The van der Waals surface area contributed by atoms with Gasteiger partial charge in [0.05, 0.1) is 7.11 Å². The van der Waals surface area contributed by atoms with Gasteiger partial charge < -0.3 is 23.7 Å². The van der Waals surface area contributed by atoms with Gasteiger partial charge in [-0.2, -0.15) is 0 Å². The molecule has 1 aromatic rings. The van der Waals surface area contributed by atoms with Crippen molar-refractivity contribution in [3.8, 4) is 17.2 Å². The molecule has 8 heteroatoms. The van der Waals surface area contributed by atoms with E-state index in [1.165, 1.54) is 7.11 Å². The number of methoxy groups -OCH3 is 1. The lowest BCUT2D eigenvalue weighted by Crippen LogP contribution is -2.22. The van der Waals surface area contributed by atoms with Gasteiger partial charge in [0.25, 0.3) is 0 Å². The Morgan fingerprint density at radius 1 is 0.821 bits per heavy atom. The van der Waals surface area contributed by atoms with E-state index in [9.17, 15) is 4.79 Å². The highest BCUT2D eigenvalue weighted by atomic mass is 28.3. The van der Waals surface area contributed by atoms with E-state index in [0.29, 0.717) is 36.0 Å². The number of carbonyl (C=O) groups excluding carboxylic acids is 1. The van der Waals surface area contributed by atoms with Crippen molar-refractivity contribution in [1.82, 2.24) is 0 Å². The highest BCUT2D eigenvalue weighted by Crippen LogP contribution is 2.38. The van der Waals surface area contributed by atoms with Crippen LogP contribution in [0.15, 0.2) is 12.1 Å². The average Bonchev–Trinajstić information content (AvgIpc) is 2.59. The van der Waals surface area contributed by atoms with Crippen molar-refractivity contribution in [2.45, 2.75) is 51.4 Å². The maximum atomic E-state index is 11.2. The van der Waals surface area contributed by atoms with Crippen molar-refractivity contribution in [3.63, 3.8) is 0 Å². The molecule has 1 rings (SSSR count). The van der Waals surface area contributed by atoms with Gasteiger partial charge in [0.2, 0.25) is 5.75 Å². The Hall–Kier alpha value is -1.36. The van der Waals surface area contributed by atoms with Gasteiger partial charge >= 0.3 is 0 Å². The zero-order chi connectivity index (χ0) is 21.2. The maximum absolute atomic E-state index is 11.2. The van der Waals surface area contributed by atoms with Crippen molar-refractivity contribution in [3.05, 3.63) is 17.7 Å². The molecule has 0 radical (unpaired) electrons. The van der Waals surface area contributed by atoms with E-state index in [-0.39, 0.29) is 13.6 Å². The Bertz CT molecular complexity index is 608. The zero-order valence-corrected chi connectivity index (χ0v) is 20.4. The molecule has 0 saturated carbocycles. The third-order valence-corrected chi connectivity index (χ3v) is 7.38. The normalized spacial score (nSPS) is 12.0. The summed E-state index contributed by atoms with van der Waals surface area (Å²) >= 11 is 0. The minimum atomic E-state index is -1.15. The second kappa shape index (κ2) is 11.6. The summed E-state index contributed by atoms with van der Waals surface area (Å²) < 4.78 is 28.1. The van der Waals surface area contributed by atoms with Crippen molar-refractivity contribution < 1.29 is 28.5 Å². The standard InChI is InChI=1S/C20H36O6Si2/c1-22-18-12-17(14-21)13-19(25-15-23-8-10-27(2,3)4)20(18)26-16-24-9-11-28(5,6)7/h12-14H,8-11,15-16H2,1-7H3. The fraction of sp³-hybridized carbons (Fsp3) is 0.650. The number of hydrogen-bond donors (Lipinski definition) is 0. The molecule has 0 atom stereocenters. The molecule has 6 nitrogen and oxygen atoms in total. The Balaban J connectivity index is 2.70.